The van der Waals surface area contributed by atoms with E-state index in [4.69, 9.17) is 14.5 Å². The molecule has 7 nitrogen and oxygen atoms in total. The van der Waals surface area contributed by atoms with E-state index in [1.165, 1.54) is 16.0 Å². The number of nitrogens with zero attached hydrogens (tertiary/aromatic N) is 4. The lowest BCUT2D eigenvalue weighted by Crippen LogP contribution is -2.21. The van der Waals surface area contributed by atoms with Crippen LogP contribution in [0.4, 0.5) is 0 Å². The van der Waals surface area contributed by atoms with E-state index in [0.717, 1.165) is 45.6 Å². The van der Waals surface area contributed by atoms with Gasteiger partial charge in [0.2, 0.25) is 0 Å². The monoisotopic (exact) mass is 450 g/mol. The van der Waals surface area contributed by atoms with Crippen molar-refractivity contribution < 1.29 is 9.47 Å². The molecule has 0 saturated heterocycles. The van der Waals surface area contributed by atoms with E-state index >= 15 is 0 Å². The third-order valence-electron chi connectivity index (χ3n) is 5.21. The highest BCUT2D eigenvalue weighted by Gasteiger charge is 2.19. The van der Waals surface area contributed by atoms with Crippen molar-refractivity contribution in [2.75, 3.05) is 14.2 Å². The molecule has 3 aromatic heterocycles. The van der Waals surface area contributed by atoms with Crippen molar-refractivity contribution in [3.05, 3.63) is 63.3 Å². The number of aromatic nitrogens is 3. The molecule has 0 aliphatic rings. The molecule has 0 aliphatic carbocycles. The molecule has 4 aromatic rings. The van der Waals surface area contributed by atoms with E-state index in [2.05, 4.69) is 17.0 Å². The van der Waals surface area contributed by atoms with Gasteiger partial charge in [-0.1, -0.05) is 13.3 Å². The van der Waals surface area contributed by atoms with Crippen LogP contribution in [0.25, 0.3) is 20.4 Å². The van der Waals surface area contributed by atoms with Crippen LogP contribution in [0.2, 0.25) is 0 Å². The van der Waals surface area contributed by atoms with Crippen molar-refractivity contribution in [2.45, 2.75) is 39.7 Å². The van der Waals surface area contributed by atoms with E-state index < -0.39 is 0 Å². The number of pyridine rings is 1. The number of methoxy groups -OCH3 is 2. The first kappa shape index (κ1) is 22.1. The average Bonchev–Trinajstić information content (AvgIpc) is 3.16. The minimum atomic E-state index is -0.171. The Labute approximate surface area is 190 Å². The lowest BCUT2D eigenvalue weighted by Gasteiger charge is -2.08. The van der Waals surface area contributed by atoms with Gasteiger partial charge in [0.25, 0.3) is 5.56 Å². The first-order valence-corrected chi connectivity index (χ1v) is 11.4. The summed E-state index contributed by atoms with van der Waals surface area (Å²) in [5.74, 6) is 1.42. The molecule has 4 rings (SSSR count). The molecule has 8 heteroatoms. The summed E-state index contributed by atoms with van der Waals surface area (Å²) in [4.78, 5) is 23.9. The fraction of sp³-hybridized carbons (Fsp3) is 0.333. The maximum absolute atomic E-state index is 13.5. The zero-order chi connectivity index (χ0) is 22.7. The maximum atomic E-state index is 13.5. The number of rotatable bonds is 8. The van der Waals surface area contributed by atoms with Crippen LogP contribution in [0.5, 0.6) is 5.75 Å². The van der Waals surface area contributed by atoms with Gasteiger partial charge in [-0.2, -0.15) is 9.78 Å². The summed E-state index contributed by atoms with van der Waals surface area (Å²) < 4.78 is 12.6. The predicted octanol–water partition coefficient (Wildman–Crippen LogP) is 4.69. The Bertz CT molecular complexity index is 1340. The van der Waals surface area contributed by atoms with Crippen molar-refractivity contribution in [3.63, 3.8) is 0 Å². The Morgan fingerprint density at radius 1 is 1.19 bits per heavy atom. The number of benzene rings is 1. The summed E-state index contributed by atoms with van der Waals surface area (Å²) in [5, 5.41) is 5.42. The van der Waals surface area contributed by atoms with Crippen molar-refractivity contribution >= 4 is 38.0 Å². The molecule has 0 bridgehead atoms. The van der Waals surface area contributed by atoms with Gasteiger partial charge >= 0.3 is 0 Å². The van der Waals surface area contributed by atoms with Crippen LogP contribution in [0, 0.1) is 6.92 Å². The summed E-state index contributed by atoms with van der Waals surface area (Å²) in [6.07, 6.45) is 4.25. The Morgan fingerprint density at radius 2 is 1.97 bits per heavy atom. The second-order valence-corrected chi connectivity index (χ2v) is 8.58. The molecule has 0 radical (unpaired) electrons. The molecule has 166 valence electrons. The molecule has 3 heterocycles. The second-order valence-electron chi connectivity index (χ2n) is 7.58. The van der Waals surface area contributed by atoms with Crippen molar-refractivity contribution in [3.8, 4) is 5.75 Å². The summed E-state index contributed by atoms with van der Waals surface area (Å²) in [6.45, 7) is 4.50. The molecule has 32 heavy (non-hydrogen) atoms. The first-order chi connectivity index (χ1) is 15.5. The zero-order valence-electron chi connectivity index (χ0n) is 18.7. The average molecular weight is 451 g/mol. The Kier molecular flexibility index (Phi) is 6.62. The van der Waals surface area contributed by atoms with Crippen LogP contribution in [-0.4, -0.2) is 35.1 Å². The van der Waals surface area contributed by atoms with E-state index in [1.807, 2.05) is 37.3 Å². The van der Waals surface area contributed by atoms with Crippen molar-refractivity contribution in [1.82, 2.24) is 14.6 Å². The quantitative estimate of drug-likeness (QED) is 0.364. The molecule has 0 saturated carbocycles. The number of fused-ring (bicyclic) bond motifs is 3. The van der Waals surface area contributed by atoms with Crippen molar-refractivity contribution in [1.29, 1.82) is 0 Å². The Balaban J connectivity index is 1.90. The van der Waals surface area contributed by atoms with Crippen LogP contribution in [0.1, 0.15) is 42.4 Å². The summed E-state index contributed by atoms with van der Waals surface area (Å²) in [5.41, 5.74) is 3.27. The fourth-order valence-electron chi connectivity index (χ4n) is 3.64. The number of hydrogen-bond donors (Lipinski definition) is 0. The van der Waals surface area contributed by atoms with Crippen LogP contribution in [-0.2, 0) is 17.8 Å². The summed E-state index contributed by atoms with van der Waals surface area (Å²) in [6, 6.07) is 9.52. The number of aryl methyl sites for hydroxylation is 2. The van der Waals surface area contributed by atoms with Gasteiger partial charge in [-0.15, -0.1) is 11.3 Å². The Morgan fingerprint density at radius 3 is 2.66 bits per heavy atom. The van der Waals surface area contributed by atoms with Gasteiger partial charge in [-0.05, 0) is 54.8 Å². The molecule has 0 N–H and O–H groups in total. The molecule has 0 amide bonds. The second kappa shape index (κ2) is 9.58. The largest absolute Gasteiger partial charge is 0.497 e. The topological polar surface area (TPSA) is 78.6 Å². The van der Waals surface area contributed by atoms with Crippen molar-refractivity contribution in [2.24, 2.45) is 5.10 Å². The molecular weight excluding hydrogens is 424 g/mol. The van der Waals surface area contributed by atoms with Gasteiger partial charge in [0.05, 0.1) is 25.4 Å². The summed E-state index contributed by atoms with van der Waals surface area (Å²) in [7, 11) is 3.29. The van der Waals surface area contributed by atoms with Gasteiger partial charge in [0, 0.05) is 24.6 Å². The van der Waals surface area contributed by atoms with E-state index in [9.17, 15) is 4.79 Å². The fourth-order valence-corrected chi connectivity index (χ4v) is 4.77. The molecule has 0 spiro atoms. The molecule has 0 fully saturated rings. The number of unbranched alkanes of at least 4 members (excludes halogenated alkanes) is 1. The van der Waals surface area contributed by atoms with Crippen LogP contribution < -0.4 is 10.3 Å². The van der Waals surface area contributed by atoms with Crippen LogP contribution in [0.3, 0.4) is 0 Å². The highest BCUT2D eigenvalue weighted by molar-refractivity contribution is 7.25. The van der Waals surface area contributed by atoms with Gasteiger partial charge in [0.1, 0.15) is 21.1 Å². The lowest BCUT2D eigenvalue weighted by molar-refractivity contribution is 0.186. The molecule has 0 unspecified atom stereocenters. The lowest BCUT2D eigenvalue weighted by atomic mass is 10.1. The third-order valence-corrected chi connectivity index (χ3v) is 6.27. The minimum absolute atomic E-state index is 0.171. The predicted molar refractivity (Wildman–Crippen MR) is 129 cm³/mol. The third kappa shape index (κ3) is 4.28. The minimum Gasteiger partial charge on any atom is -0.497 e. The normalized spacial score (nSPS) is 11.8. The SMILES string of the molecule is CCCCc1nc2c(sc3nc(C)cc(COC)c32)c(=O)n1/N=C/c1ccc(OC)cc1. The highest BCUT2D eigenvalue weighted by Crippen LogP contribution is 2.33. The standard InChI is InChI=1S/C24H26N4O3S/c1-5-6-7-19-27-21-20-17(14-30-3)12-15(2)26-23(20)32-22(21)24(29)28(19)25-13-16-8-10-18(31-4)11-9-16/h8-13H,5-7,14H2,1-4H3/b25-13+. The van der Waals surface area contributed by atoms with E-state index in [0.29, 0.717) is 29.1 Å². The number of hydrogen-bond acceptors (Lipinski definition) is 7. The number of thiophene rings is 1. The van der Waals surface area contributed by atoms with Crippen LogP contribution >= 0.6 is 11.3 Å². The highest BCUT2D eigenvalue weighted by atomic mass is 32.1. The molecule has 0 atom stereocenters. The van der Waals surface area contributed by atoms with Gasteiger partial charge in [0.15, 0.2) is 0 Å². The Hall–Kier alpha value is -3.10. The van der Waals surface area contributed by atoms with E-state index in [1.54, 1.807) is 20.4 Å². The van der Waals surface area contributed by atoms with Crippen LogP contribution in [0.15, 0.2) is 40.2 Å². The smallest absolute Gasteiger partial charge is 0.292 e. The molecular formula is C24H26N4O3S. The zero-order valence-corrected chi connectivity index (χ0v) is 19.5. The van der Waals surface area contributed by atoms with Gasteiger partial charge < -0.3 is 9.47 Å². The van der Waals surface area contributed by atoms with E-state index in [-0.39, 0.29) is 5.56 Å². The number of ether oxygens (including phenoxy) is 2. The molecule has 0 aliphatic heterocycles. The van der Waals surface area contributed by atoms with Gasteiger partial charge in [-0.25, -0.2) is 9.97 Å². The summed E-state index contributed by atoms with van der Waals surface area (Å²) >= 11 is 1.36. The van der Waals surface area contributed by atoms with Gasteiger partial charge in [-0.3, -0.25) is 4.79 Å². The molecule has 1 aromatic carbocycles. The first-order valence-electron chi connectivity index (χ1n) is 10.6. The maximum Gasteiger partial charge on any atom is 0.292 e.